The maximum Gasteiger partial charge on any atom is 0.257 e. The van der Waals surface area contributed by atoms with E-state index in [1.165, 1.54) is 0 Å². The Hall–Kier alpha value is -2.87. The highest BCUT2D eigenvalue weighted by molar-refractivity contribution is 5.98. The van der Waals surface area contributed by atoms with E-state index in [1.807, 2.05) is 35.2 Å². The van der Waals surface area contributed by atoms with Gasteiger partial charge < -0.3 is 14.5 Å². The average molecular weight is 397 g/mol. The summed E-state index contributed by atoms with van der Waals surface area (Å²) in [6.45, 7) is 3.32. The third kappa shape index (κ3) is 3.85. The zero-order valence-corrected chi connectivity index (χ0v) is 17.0. The van der Waals surface area contributed by atoms with E-state index in [9.17, 15) is 9.59 Å². The van der Waals surface area contributed by atoms with Crippen molar-refractivity contribution in [3.05, 3.63) is 42.2 Å². The summed E-state index contributed by atoms with van der Waals surface area (Å²) in [6, 6.07) is 7.17. The van der Waals surface area contributed by atoms with Crippen LogP contribution in [-0.2, 0) is 11.8 Å². The molecule has 4 rings (SSSR count). The first-order valence-electron chi connectivity index (χ1n) is 10.0. The zero-order valence-electron chi connectivity index (χ0n) is 17.0. The molecule has 1 unspecified atom stereocenters. The summed E-state index contributed by atoms with van der Waals surface area (Å²) >= 11 is 0. The van der Waals surface area contributed by atoms with Crippen molar-refractivity contribution in [2.24, 2.45) is 7.05 Å². The number of rotatable bonds is 4. The molecule has 2 aliphatic heterocycles. The number of amides is 2. The van der Waals surface area contributed by atoms with Crippen molar-refractivity contribution in [2.45, 2.75) is 18.9 Å². The van der Waals surface area contributed by atoms with Gasteiger partial charge >= 0.3 is 0 Å². The number of piperazine rings is 1. The van der Waals surface area contributed by atoms with E-state index in [4.69, 9.17) is 4.74 Å². The van der Waals surface area contributed by atoms with E-state index in [1.54, 1.807) is 30.1 Å². The van der Waals surface area contributed by atoms with E-state index >= 15 is 0 Å². The Morgan fingerprint density at radius 1 is 1.14 bits per heavy atom. The van der Waals surface area contributed by atoms with Crippen LogP contribution in [0.15, 0.2) is 36.7 Å². The molecule has 0 aliphatic carbocycles. The third-order valence-corrected chi connectivity index (χ3v) is 5.79. The molecule has 0 spiro atoms. The van der Waals surface area contributed by atoms with Crippen molar-refractivity contribution in [2.75, 3.05) is 44.7 Å². The molecular formula is C21H27N5O3. The summed E-state index contributed by atoms with van der Waals surface area (Å²) in [5, 5.41) is 4.19. The molecule has 154 valence electrons. The Morgan fingerprint density at radius 3 is 2.59 bits per heavy atom. The Bertz CT molecular complexity index is 888. The van der Waals surface area contributed by atoms with E-state index in [-0.39, 0.29) is 17.9 Å². The van der Waals surface area contributed by atoms with Gasteiger partial charge in [-0.3, -0.25) is 19.2 Å². The molecule has 2 aromatic rings. The second-order valence-electron chi connectivity index (χ2n) is 7.55. The molecular weight excluding hydrogens is 370 g/mol. The molecule has 8 nitrogen and oxygen atoms in total. The highest BCUT2D eigenvalue weighted by Gasteiger charge is 2.36. The lowest BCUT2D eigenvalue weighted by Gasteiger charge is -2.42. The number of hydrogen-bond donors (Lipinski definition) is 0. The molecule has 1 aromatic heterocycles. The molecule has 8 heteroatoms. The number of carbonyl (C=O) groups excluding carboxylic acids is 2. The van der Waals surface area contributed by atoms with E-state index < -0.39 is 0 Å². The number of anilines is 1. The smallest absolute Gasteiger partial charge is 0.257 e. The van der Waals surface area contributed by atoms with Crippen LogP contribution in [0.3, 0.4) is 0 Å². The highest BCUT2D eigenvalue weighted by Crippen LogP contribution is 2.25. The number of aromatic nitrogens is 2. The number of piperidine rings is 1. The van der Waals surface area contributed by atoms with Gasteiger partial charge in [0.25, 0.3) is 5.91 Å². The summed E-state index contributed by atoms with van der Waals surface area (Å²) in [5.41, 5.74) is 1.44. The summed E-state index contributed by atoms with van der Waals surface area (Å²) in [7, 11) is 3.43. The van der Waals surface area contributed by atoms with Gasteiger partial charge in [0.2, 0.25) is 5.91 Å². The Kier molecular flexibility index (Phi) is 5.53. The second-order valence-corrected chi connectivity index (χ2v) is 7.55. The molecule has 3 heterocycles. The fourth-order valence-electron chi connectivity index (χ4n) is 4.23. The lowest BCUT2D eigenvalue weighted by molar-refractivity contribution is -0.126. The van der Waals surface area contributed by atoms with Gasteiger partial charge in [-0.25, -0.2) is 0 Å². The monoisotopic (exact) mass is 397 g/mol. The van der Waals surface area contributed by atoms with Gasteiger partial charge in [-0.15, -0.1) is 0 Å². The van der Waals surface area contributed by atoms with Crippen LogP contribution in [0.25, 0.3) is 0 Å². The van der Waals surface area contributed by atoms with Crippen LogP contribution >= 0.6 is 0 Å². The van der Waals surface area contributed by atoms with Gasteiger partial charge in [-0.1, -0.05) is 12.1 Å². The molecule has 0 N–H and O–H groups in total. The molecule has 2 aliphatic rings. The van der Waals surface area contributed by atoms with Crippen LogP contribution in [0.2, 0.25) is 0 Å². The van der Waals surface area contributed by atoms with Gasteiger partial charge in [0.05, 0.1) is 30.6 Å². The molecule has 0 bridgehead atoms. The SMILES string of the molecule is COc1ccccc1C(=O)N1CCN(C2CCCN(c3cnn(C)c3)C2=O)CC1. The quantitative estimate of drug-likeness (QED) is 0.780. The topological polar surface area (TPSA) is 70.9 Å². The first-order chi connectivity index (χ1) is 14.1. The van der Waals surface area contributed by atoms with Crippen molar-refractivity contribution in [1.29, 1.82) is 0 Å². The van der Waals surface area contributed by atoms with Crippen molar-refractivity contribution < 1.29 is 14.3 Å². The van der Waals surface area contributed by atoms with Crippen molar-refractivity contribution in [3.8, 4) is 5.75 Å². The van der Waals surface area contributed by atoms with Crippen LogP contribution in [0.4, 0.5) is 5.69 Å². The van der Waals surface area contributed by atoms with Gasteiger partial charge in [-0.05, 0) is 25.0 Å². The Morgan fingerprint density at radius 2 is 1.90 bits per heavy atom. The number of aryl methyl sites for hydroxylation is 1. The summed E-state index contributed by atoms with van der Waals surface area (Å²) < 4.78 is 7.05. The van der Waals surface area contributed by atoms with Gasteiger partial charge in [0.15, 0.2) is 0 Å². The summed E-state index contributed by atoms with van der Waals surface area (Å²) in [4.78, 5) is 31.9. The number of benzene rings is 1. The number of carbonyl (C=O) groups is 2. The van der Waals surface area contributed by atoms with E-state index in [0.29, 0.717) is 37.5 Å². The number of methoxy groups -OCH3 is 1. The van der Waals surface area contributed by atoms with Crippen molar-refractivity contribution in [3.63, 3.8) is 0 Å². The molecule has 29 heavy (non-hydrogen) atoms. The lowest BCUT2D eigenvalue weighted by atomic mass is 10.0. The molecule has 2 amide bonds. The van der Waals surface area contributed by atoms with Crippen molar-refractivity contribution >= 4 is 17.5 Å². The Balaban J connectivity index is 1.40. The minimum Gasteiger partial charge on any atom is -0.496 e. The first-order valence-corrected chi connectivity index (χ1v) is 10.0. The standard InChI is InChI=1S/C21H27N5O3/c1-23-15-16(14-22-23)26-9-5-7-18(21(26)28)24-10-12-25(13-11-24)20(27)17-6-3-4-8-19(17)29-2/h3-4,6,8,14-15,18H,5,7,9-13H2,1-2H3. The second kappa shape index (κ2) is 8.24. The zero-order chi connectivity index (χ0) is 20.4. The fourth-order valence-corrected chi connectivity index (χ4v) is 4.23. The minimum atomic E-state index is -0.132. The van der Waals surface area contributed by atoms with Crippen LogP contribution in [0.1, 0.15) is 23.2 Å². The van der Waals surface area contributed by atoms with Gasteiger partial charge in [0, 0.05) is 46.0 Å². The summed E-state index contributed by atoms with van der Waals surface area (Å²) in [6.07, 6.45) is 5.44. The first kappa shape index (κ1) is 19.4. The van der Waals surface area contributed by atoms with Gasteiger partial charge in [-0.2, -0.15) is 5.10 Å². The number of para-hydroxylation sites is 1. The fraction of sp³-hybridized carbons (Fsp3) is 0.476. The molecule has 1 atom stereocenters. The molecule has 1 aromatic carbocycles. The van der Waals surface area contributed by atoms with E-state index in [2.05, 4.69) is 10.00 Å². The number of hydrogen-bond acceptors (Lipinski definition) is 5. The van der Waals surface area contributed by atoms with Crippen LogP contribution in [0.5, 0.6) is 5.75 Å². The Labute approximate surface area is 170 Å². The third-order valence-electron chi connectivity index (χ3n) is 5.79. The van der Waals surface area contributed by atoms with E-state index in [0.717, 1.165) is 25.1 Å². The molecule has 2 saturated heterocycles. The van der Waals surface area contributed by atoms with Crippen LogP contribution in [-0.4, -0.2) is 77.3 Å². The maximum absolute atomic E-state index is 13.1. The van der Waals surface area contributed by atoms with Crippen molar-refractivity contribution in [1.82, 2.24) is 19.6 Å². The molecule has 2 fully saturated rings. The predicted molar refractivity (Wildman–Crippen MR) is 109 cm³/mol. The van der Waals surface area contributed by atoms with Gasteiger partial charge in [0.1, 0.15) is 5.75 Å². The molecule has 0 radical (unpaired) electrons. The maximum atomic E-state index is 13.1. The number of nitrogens with zero attached hydrogens (tertiary/aromatic N) is 5. The lowest BCUT2D eigenvalue weighted by Crippen LogP contribution is -2.58. The largest absolute Gasteiger partial charge is 0.496 e. The summed E-state index contributed by atoms with van der Waals surface area (Å²) in [5.74, 6) is 0.706. The normalized spacial score (nSPS) is 20.8. The minimum absolute atomic E-state index is 0.0194. The average Bonchev–Trinajstić information content (AvgIpc) is 3.19. The number of ether oxygens (including phenoxy) is 1. The van der Waals surface area contributed by atoms with Crippen LogP contribution in [0, 0.1) is 0 Å². The van der Waals surface area contributed by atoms with Crippen LogP contribution < -0.4 is 9.64 Å². The highest BCUT2D eigenvalue weighted by atomic mass is 16.5. The molecule has 0 saturated carbocycles. The predicted octanol–water partition coefficient (Wildman–Crippen LogP) is 1.38.